The van der Waals surface area contributed by atoms with E-state index in [-0.39, 0.29) is 5.75 Å². The molecule has 2 heterocycles. The monoisotopic (exact) mass is 226 g/mol. The Morgan fingerprint density at radius 2 is 2.27 bits per heavy atom. The fourth-order valence-corrected chi connectivity index (χ4v) is 1.76. The number of aromatic nitrogens is 2. The van der Waals surface area contributed by atoms with Crippen LogP contribution >= 0.6 is 11.6 Å². The van der Waals surface area contributed by atoms with Crippen LogP contribution in [0.25, 0.3) is 5.52 Å². The Morgan fingerprint density at radius 1 is 1.53 bits per heavy atom. The lowest BCUT2D eigenvalue weighted by Gasteiger charge is -2.03. The SMILES string of the molecule is CC(O)Cc1nc(Cl)c2ccc(O)cn12. The summed E-state index contributed by atoms with van der Waals surface area (Å²) in [4.78, 5) is 4.13. The van der Waals surface area contributed by atoms with Crippen molar-refractivity contribution in [3.63, 3.8) is 0 Å². The molecule has 5 heteroatoms. The van der Waals surface area contributed by atoms with E-state index in [0.29, 0.717) is 17.4 Å². The first-order chi connectivity index (χ1) is 7.08. The number of pyridine rings is 1. The van der Waals surface area contributed by atoms with Crippen LogP contribution in [-0.4, -0.2) is 25.7 Å². The lowest BCUT2D eigenvalue weighted by atomic mass is 10.3. The summed E-state index contributed by atoms with van der Waals surface area (Å²) in [5.41, 5.74) is 0.727. The van der Waals surface area contributed by atoms with Gasteiger partial charge in [0, 0.05) is 6.42 Å². The zero-order valence-corrected chi connectivity index (χ0v) is 8.94. The van der Waals surface area contributed by atoms with E-state index in [4.69, 9.17) is 11.6 Å². The molecule has 0 radical (unpaired) electrons. The second-order valence-electron chi connectivity index (χ2n) is 3.51. The van der Waals surface area contributed by atoms with Crippen molar-refractivity contribution >= 4 is 17.1 Å². The van der Waals surface area contributed by atoms with E-state index in [1.807, 2.05) is 0 Å². The Bertz CT molecular complexity index is 493. The maximum absolute atomic E-state index is 9.34. The van der Waals surface area contributed by atoms with E-state index in [1.165, 1.54) is 6.20 Å². The quantitative estimate of drug-likeness (QED) is 0.818. The van der Waals surface area contributed by atoms with Crippen LogP contribution in [0.3, 0.4) is 0 Å². The molecule has 0 aromatic carbocycles. The standard InChI is InChI=1S/C10H11ClN2O2/c1-6(14)4-9-12-10(11)8-3-2-7(15)5-13(8)9/h2-3,5-6,14-15H,4H2,1H3. The third-order valence-electron chi connectivity index (χ3n) is 2.13. The van der Waals surface area contributed by atoms with Crippen molar-refractivity contribution in [2.45, 2.75) is 19.4 Å². The minimum Gasteiger partial charge on any atom is -0.506 e. The number of hydrogen-bond acceptors (Lipinski definition) is 3. The minimum atomic E-state index is -0.492. The van der Waals surface area contributed by atoms with Crippen molar-refractivity contribution in [3.8, 4) is 5.75 Å². The van der Waals surface area contributed by atoms with Crippen molar-refractivity contribution < 1.29 is 10.2 Å². The number of imidazole rings is 1. The van der Waals surface area contributed by atoms with E-state index in [2.05, 4.69) is 4.98 Å². The first-order valence-electron chi connectivity index (χ1n) is 4.61. The maximum atomic E-state index is 9.34. The Kier molecular flexibility index (Phi) is 2.54. The van der Waals surface area contributed by atoms with Crippen LogP contribution in [0, 0.1) is 0 Å². The molecule has 0 saturated carbocycles. The molecule has 80 valence electrons. The molecule has 0 saturated heterocycles. The highest BCUT2D eigenvalue weighted by Gasteiger charge is 2.11. The topological polar surface area (TPSA) is 57.8 Å². The molecule has 2 aromatic rings. The minimum absolute atomic E-state index is 0.142. The summed E-state index contributed by atoms with van der Waals surface area (Å²) in [6.45, 7) is 1.68. The summed E-state index contributed by atoms with van der Waals surface area (Å²) < 4.78 is 1.68. The Labute approximate surface area is 91.8 Å². The van der Waals surface area contributed by atoms with E-state index >= 15 is 0 Å². The van der Waals surface area contributed by atoms with Gasteiger partial charge in [0.2, 0.25) is 0 Å². The van der Waals surface area contributed by atoms with Crippen LogP contribution in [0.2, 0.25) is 5.15 Å². The summed E-state index contributed by atoms with van der Waals surface area (Å²) >= 11 is 5.92. The van der Waals surface area contributed by atoms with E-state index in [1.54, 1.807) is 23.5 Å². The molecule has 0 bridgehead atoms. The third-order valence-corrected chi connectivity index (χ3v) is 2.41. The first-order valence-corrected chi connectivity index (χ1v) is 4.99. The van der Waals surface area contributed by atoms with Crippen LogP contribution in [0.1, 0.15) is 12.7 Å². The molecule has 4 nitrogen and oxygen atoms in total. The van der Waals surface area contributed by atoms with Gasteiger partial charge in [-0.2, -0.15) is 0 Å². The van der Waals surface area contributed by atoms with Crippen molar-refractivity contribution in [1.82, 2.24) is 9.38 Å². The lowest BCUT2D eigenvalue weighted by molar-refractivity contribution is 0.192. The van der Waals surface area contributed by atoms with Gasteiger partial charge in [0.15, 0.2) is 5.15 Å². The van der Waals surface area contributed by atoms with Gasteiger partial charge in [-0.05, 0) is 19.1 Å². The number of hydrogen-bond donors (Lipinski definition) is 2. The van der Waals surface area contributed by atoms with Crippen LogP contribution in [0.5, 0.6) is 5.75 Å². The zero-order chi connectivity index (χ0) is 11.0. The largest absolute Gasteiger partial charge is 0.506 e. The second kappa shape index (κ2) is 3.72. The van der Waals surface area contributed by atoms with Gasteiger partial charge >= 0.3 is 0 Å². The molecular weight excluding hydrogens is 216 g/mol. The van der Waals surface area contributed by atoms with E-state index < -0.39 is 6.10 Å². The molecule has 1 unspecified atom stereocenters. The molecule has 15 heavy (non-hydrogen) atoms. The van der Waals surface area contributed by atoms with Gasteiger partial charge in [0.1, 0.15) is 11.6 Å². The fraction of sp³-hybridized carbons (Fsp3) is 0.300. The van der Waals surface area contributed by atoms with E-state index in [9.17, 15) is 10.2 Å². The lowest BCUT2D eigenvalue weighted by Crippen LogP contribution is -2.07. The van der Waals surface area contributed by atoms with Crippen LogP contribution < -0.4 is 0 Å². The zero-order valence-electron chi connectivity index (χ0n) is 8.18. The number of halogens is 1. The highest BCUT2D eigenvalue weighted by Crippen LogP contribution is 2.21. The predicted molar refractivity (Wildman–Crippen MR) is 57.3 cm³/mol. The number of fused-ring (bicyclic) bond motifs is 1. The number of aliphatic hydroxyl groups is 1. The van der Waals surface area contributed by atoms with Crippen LogP contribution in [-0.2, 0) is 6.42 Å². The number of nitrogens with zero attached hydrogens (tertiary/aromatic N) is 2. The highest BCUT2D eigenvalue weighted by molar-refractivity contribution is 6.32. The van der Waals surface area contributed by atoms with E-state index in [0.717, 1.165) is 5.52 Å². The molecule has 0 aliphatic carbocycles. The Balaban J connectivity index is 2.59. The first kappa shape index (κ1) is 10.3. The molecule has 0 aliphatic rings. The molecule has 2 N–H and O–H groups in total. The fourth-order valence-electron chi connectivity index (χ4n) is 1.50. The predicted octanol–water partition coefficient (Wildman–Crippen LogP) is 1.62. The molecule has 0 aliphatic heterocycles. The molecule has 2 aromatic heterocycles. The van der Waals surface area contributed by atoms with Gasteiger partial charge in [-0.1, -0.05) is 11.6 Å². The Hall–Kier alpha value is -1.26. The smallest absolute Gasteiger partial charge is 0.155 e. The van der Waals surface area contributed by atoms with Crippen LogP contribution in [0.15, 0.2) is 18.3 Å². The van der Waals surface area contributed by atoms with Gasteiger partial charge in [-0.3, -0.25) is 4.40 Å². The normalized spacial score (nSPS) is 13.3. The summed E-state index contributed by atoms with van der Waals surface area (Å²) in [7, 11) is 0. The average Bonchev–Trinajstić information content (AvgIpc) is 2.42. The maximum Gasteiger partial charge on any atom is 0.155 e. The van der Waals surface area contributed by atoms with Gasteiger partial charge in [-0.15, -0.1) is 0 Å². The van der Waals surface area contributed by atoms with Crippen molar-refractivity contribution in [2.75, 3.05) is 0 Å². The van der Waals surface area contributed by atoms with Gasteiger partial charge in [-0.25, -0.2) is 4.98 Å². The van der Waals surface area contributed by atoms with Crippen molar-refractivity contribution in [2.24, 2.45) is 0 Å². The summed E-state index contributed by atoms with van der Waals surface area (Å²) in [5.74, 6) is 0.782. The van der Waals surface area contributed by atoms with Gasteiger partial charge in [0.25, 0.3) is 0 Å². The summed E-state index contributed by atoms with van der Waals surface area (Å²) in [6, 6.07) is 3.24. The number of aromatic hydroxyl groups is 1. The van der Waals surface area contributed by atoms with Gasteiger partial charge in [0.05, 0.1) is 17.8 Å². The van der Waals surface area contributed by atoms with Gasteiger partial charge < -0.3 is 10.2 Å². The number of aliphatic hydroxyl groups excluding tert-OH is 1. The van der Waals surface area contributed by atoms with Crippen LogP contribution in [0.4, 0.5) is 0 Å². The number of rotatable bonds is 2. The third kappa shape index (κ3) is 1.91. The van der Waals surface area contributed by atoms with Crippen molar-refractivity contribution in [3.05, 3.63) is 29.3 Å². The van der Waals surface area contributed by atoms with Crippen molar-refractivity contribution in [1.29, 1.82) is 0 Å². The summed E-state index contributed by atoms with van der Waals surface area (Å²) in [6.07, 6.45) is 1.44. The highest BCUT2D eigenvalue weighted by atomic mass is 35.5. The molecule has 0 fully saturated rings. The Morgan fingerprint density at radius 3 is 2.93 bits per heavy atom. The summed E-state index contributed by atoms with van der Waals surface area (Å²) in [5, 5.41) is 19.0. The molecular formula is C10H11ClN2O2. The second-order valence-corrected chi connectivity index (χ2v) is 3.87. The average molecular weight is 227 g/mol. The molecule has 1 atom stereocenters. The molecule has 0 spiro atoms. The molecule has 0 amide bonds. The molecule has 2 rings (SSSR count).